The highest BCUT2D eigenvalue weighted by molar-refractivity contribution is 6.30. The van der Waals surface area contributed by atoms with Crippen molar-refractivity contribution < 1.29 is 9.59 Å². The number of halogens is 1. The molecule has 0 spiro atoms. The third-order valence-corrected chi connectivity index (χ3v) is 4.46. The molecule has 1 saturated heterocycles. The first-order valence-electron chi connectivity index (χ1n) is 8.66. The second kappa shape index (κ2) is 8.67. The van der Waals surface area contributed by atoms with Crippen LogP contribution in [0.5, 0.6) is 0 Å². The maximum absolute atomic E-state index is 12.0. The molecule has 1 aromatic heterocycles. The SMILES string of the molecule is O=C(CCNC(=O)c1ccc(Cl)cc1)Nc1ccc(N2CCCC2)nc1. The Morgan fingerprint density at radius 3 is 2.46 bits per heavy atom. The first kappa shape index (κ1) is 18.2. The number of nitrogens with one attached hydrogen (secondary N) is 2. The van der Waals surface area contributed by atoms with Crippen molar-refractivity contribution in [1.29, 1.82) is 0 Å². The van der Waals surface area contributed by atoms with Crippen LogP contribution in [-0.4, -0.2) is 36.4 Å². The van der Waals surface area contributed by atoms with Crippen molar-refractivity contribution in [3.63, 3.8) is 0 Å². The molecule has 0 atom stereocenters. The zero-order chi connectivity index (χ0) is 18.4. The van der Waals surface area contributed by atoms with Crippen molar-refractivity contribution in [2.75, 3.05) is 29.9 Å². The summed E-state index contributed by atoms with van der Waals surface area (Å²) in [5, 5.41) is 6.08. The molecule has 1 fully saturated rings. The summed E-state index contributed by atoms with van der Waals surface area (Å²) >= 11 is 5.79. The van der Waals surface area contributed by atoms with Crippen molar-refractivity contribution in [1.82, 2.24) is 10.3 Å². The molecule has 3 rings (SSSR count). The molecule has 0 saturated carbocycles. The Morgan fingerprint density at radius 1 is 1.08 bits per heavy atom. The number of pyridine rings is 1. The van der Waals surface area contributed by atoms with Gasteiger partial charge in [-0.2, -0.15) is 0 Å². The lowest BCUT2D eigenvalue weighted by Gasteiger charge is -2.16. The fourth-order valence-electron chi connectivity index (χ4n) is 2.81. The predicted molar refractivity (Wildman–Crippen MR) is 103 cm³/mol. The van der Waals surface area contributed by atoms with Crippen LogP contribution in [0, 0.1) is 0 Å². The van der Waals surface area contributed by atoms with E-state index in [1.807, 2.05) is 12.1 Å². The number of carbonyl (C=O) groups is 2. The largest absolute Gasteiger partial charge is 0.357 e. The summed E-state index contributed by atoms with van der Waals surface area (Å²) in [6.07, 6.45) is 4.24. The molecule has 1 aromatic carbocycles. The minimum absolute atomic E-state index is 0.169. The van der Waals surface area contributed by atoms with Crippen molar-refractivity contribution in [2.45, 2.75) is 19.3 Å². The Morgan fingerprint density at radius 2 is 1.81 bits per heavy atom. The van der Waals surface area contributed by atoms with Gasteiger partial charge in [-0.3, -0.25) is 9.59 Å². The highest BCUT2D eigenvalue weighted by Gasteiger charge is 2.13. The zero-order valence-electron chi connectivity index (χ0n) is 14.4. The van der Waals surface area contributed by atoms with Crippen LogP contribution in [0.4, 0.5) is 11.5 Å². The van der Waals surface area contributed by atoms with Gasteiger partial charge in [-0.1, -0.05) is 11.6 Å². The van der Waals surface area contributed by atoms with Crippen molar-refractivity contribution in [3.8, 4) is 0 Å². The van der Waals surface area contributed by atoms with E-state index >= 15 is 0 Å². The number of carbonyl (C=O) groups excluding carboxylic acids is 2. The molecule has 26 heavy (non-hydrogen) atoms. The molecule has 136 valence electrons. The fourth-order valence-corrected chi connectivity index (χ4v) is 2.94. The first-order chi connectivity index (χ1) is 12.6. The lowest BCUT2D eigenvalue weighted by molar-refractivity contribution is -0.116. The minimum atomic E-state index is -0.230. The molecule has 7 heteroatoms. The molecule has 0 radical (unpaired) electrons. The minimum Gasteiger partial charge on any atom is -0.357 e. The topological polar surface area (TPSA) is 74.3 Å². The van der Waals surface area contributed by atoms with Gasteiger partial charge in [0.2, 0.25) is 5.91 Å². The number of hydrogen-bond acceptors (Lipinski definition) is 4. The van der Waals surface area contributed by atoms with Gasteiger partial charge < -0.3 is 15.5 Å². The second-order valence-corrected chi connectivity index (χ2v) is 6.60. The molecule has 0 bridgehead atoms. The monoisotopic (exact) mass is 372 g/mol. The van der Waals surface area contributed by atoms with Crippen LogP contribution in [0.2, 0.25) is 5.02 Å². The molecule has 2 heterocycles. The Balaban J connectivity index is 1.42. The van der Waals surface area contributed by atoms with E-state index in [9.17, 15) is 9.59 Å². The van der Waals surface area contributed by atoms with Gasteiger partial charge in [0.1, 0.15) is 5.82 Å². The van der Waals surface area contributed by atoms with Crippen LogP contribution < -0.4 is 15.5 Å². The fraction of sp³-hybridized carbons (Fsp3) is 0.316. The van der Waals surface area contributed by atoms with Crippen LogP contribution in [0.25, 0.3) is 0 Å². The summed E-state index contributed by atoms with van der Waals surface area (Å²) in [5.41, 5.74) is 1.17. The van der Waals surface area contributed by atoms with E-state index in [2.05, 4.69) is 20.5 Å². The first-order valence-corrected chi connectivity index (χ1v) is 9.04. The third-order valence-electron chi connectivity index (χ3n) is 4.21. The molecule has 0 unspecified atom stereocenters. The molecule has 2 N–H and O–H groups in total. The number of anilines is 2. The smallest absolute Gasteiger partial charge is 0.251 e. The van der Waals surface area contributed by atoms with Gasteiger partial charge in [0.05, 0.1) is 11.9 Å². The molecule has 2 aromatic rings. The van der Waals surface area contributed by atoms with Gasteiger partial charge in [-0.25, -0.2) is 4.98 Å². The van der Waals surface area contributed by atoms with E-state index in [-0.39, 0.29) is 24.8 Å². The van der Waals surface area contributed by atoms with Crippen molar-refractivity contribution in [3.05, 3.63) is 53.2 Å². The number of hydrogen-bond donors (Lipinski definition) is 2. The lowest BCUT2D eigenvalue weighted by Crippen LogP contribution is -2.27. The van der Waals surface area contributed by atoms with E-state index in [0.717, 1.165) is 18.9 Å². The summed E-state index contributed by atoms with van der Waals surface area (Å²) in [5.74, 6) is 0.541. The number of rotatable bonds is 6. The molecule has 6 nitrogen and oxygen atoms in total. The number of benzene rings is 1. The average molecular weight is 373 g/mol. The van der Waals surface area contributed by atoms with E-state index in [4.69, 9.17) is 11.6 Å². The highest BCUT2D eigenvalue weighted by atomic mass is 35.5. The van der Waals surface area contributed by atoms with Crippen molar-refractivity contribution in [2.24, 2.45) is 0 Å². The standard InChI is InChI=1S/C19H21ClN4O2/c20-15-5-3-14(4-6-15)19(26)21-10-9-18(25)23-16-7-8-17(22-13-16)24-11-1-2-12-24/h3-8,13H,1-2,9-12H2,(H,21,26)(H,23,25). The number of amides is 2. The van der Waals surface area contributed by atoms with E-state index in [1.54, 1.807) is 30.5 Å². The Labute approximate surface area is 157 Å². The van der Waals surface area contributed by atoms with E-state index < -0.39 is 0 Å². The summed E-state index contributed by atoms with van der Waals surface area (Å²) < 4.78 is 0. The molecular weight excluding hydrogens is 352 g/mol. The molecular formula is C19H21ClN4O2. The van der Waals surface area contributed by atoms with Crippen molar-refractivity contribution >= 4 is 34.9 Å². The summed E-state index contributed by atoms with van der Waals surface area (Å²) in [4.78, 5) is 30.6. The van der Waals surface area contributed by atoms with Gasteiger partial charge in [0.25, 0.3) is 5.91 Å². The zero-order valence-corrected chi connectivity index (χ0v) is 15.1. The van der Waals surface area contributed by atoms with Crippen LogP contribution >= 0.6 is 11.6 Å². The lowest BCUT2D eigenvalue weighted by atomic mass is 10.2. The highest BCUT2D eigenvalue weighted by Crippen LogP contribution is 2.19. The van der Waals surface area contributed by atoms with Gasteiger partial charge in [0, 0.05) is 36.6 Å². The Kier molecular flexibility index (Phi) is 6.07. The van der Waals surface area contributed by atoms with E-state index in [0.29, 0.717) is 16.3 Å². The van der Waals surface area contributed by atoms with Crippen LogP contribution in [0.15, 0.2) is 42.6 Å². The second-order valence-electron chi connectivity index (χ2n) is 6.16. The average Bonchev–Trinajstić information content (AvgIpc) is 3.17. The normalized spacial score (nSPS) is 13.5. The Bertz CT molecular complexity index is 756. The van der Waals surface area contributed by atoms with E-state index in [1.165, 1.54) is 12.8 Å². The van der Waals surface area contributed by atoms with Crippen LogP contribution in [0.3, 0.4) is 0 Å². The van der Waals surface area contributed by atoms with Gasteiger partial charge in [-0.05, 0) is 49.2 Å². The quantitative estimate of drug-likeness (QED) is 0.817. The van der Waals surface area contributed by atoms with Gasteiger partial charge >= 0.3 is 0 Å². The third kappa shape index (κ3) is 4.95. The number of nitrogens with zero attached hydrogens (tertiary/aromatic N) is 2. The summed E-state index contributed by atoms with van der Waals surface area (Å²) in [6, 6.07) is 10.4. The van der Waals surface area contributed by atoms with Crippen LogP contribution in [0.1, 0.15) is 29.6 Å². The number of aromatic nitrogens is 1. The molecule has 1 aliphatic rings. The maximum atomic E-state index is 12.0. The van der Waals surface area contributed by atoms with Gasteiger partial charge in [-0.15, -0.1) is 0 Å². The van der Waals surface area contributed by atoms with Gasteiger partial charge in [0.15, 0.2) is 0 Å². The van der Waals surface area contributed by atoms with Crippen LogP contribution in [-0.2, 0) is 4.79 Å². The summed E-state index contributed by atoms with van der Waals surface area (Å²) in [6.45, 7) is 2.32. The predicted octanol–water partition coefficient (Wildman–Crippen LogP) is 3.09. The maximum Gasteiger partial charge on any atom is 0.251 e. The Hall–Kier alpha value is -2.60. The summed E-state index contributed by atoms with van der Waals surface area (Å²) in [7, 11) is 0. The molecule has 2 amide bonds. The molecule has 1 aliphatic heterocycles. The molecule has 0 aliphatic carbocycles.